The Morgan fingerprint density at radius 2 is 1.83 bits per heavy atom. The molecule has 0 spiro atoms. The van der Waals surface area contributed by atoms with Crippen molar-refractivity contribution in [2.45, 2.75) is 52.2 Å². The molecule has 1 aliphatic rings. The minimum absolute atomic E-state index is 0.257. The zero-order valence-electron chi connectivity index (χ0n) is 17.6. The van der Waals surface area contributed by atoms with Gasteiger partial charge < -0.3 is 24.1 Å². The maximum Gasteiger partial charge on any atom is 0.410 e. The minimum atomic E-state index is -0.581. The van der Waals surface area contributed by atoms with Gasteiger partial charge in [0, 0.05) is 32.6 Å². The Labute approximate surface area is 172 Å². The fourth-order valence-corrected chi connectivity index (χ4v) is 3.21. The van der Waals surface area contributed by atoms with Crippen molar-refractivity contribution >= 4 is 18.5 Å². The number of carbonyl (C=O) groups excluding carboxylic acids is 3. The predicted octanol–water partition coefficient (Wildman–Crippen LogP) is 3.86. The highest BCUT2D eigenvalue weighted by Gasteiger charge is 2.28. The number of aldehydes is 1. The molecule has 160 valence electrons. The van der Waals surface area contributed by atoms with Crippen LogP contribution >= 0.6 is 0 Å². The number of piperidine rings is 1. The molecular formula is C22H32N2O5. The van der Waals surface area contributed by atoms with Gasteiger partial charge in [-0.2, -0.15) is 0 Å². The Balaban J connectivity index is 1.80. The van der Waals surface area contributed by atoms with Crippen molar-refractivity contribution in [1.29, 1.82) is 0 Å². The molecule has 1 aromatic carbocycles. The number of likely N-dealkylation sites (tertiary alicyclic amines) is 1. The third-order valence-electron chi connectivity index (χ3n) is 4.73. The molecule has 2 amide bonds. The van der Waals surface area contributed by atoms with Gasteiger partial charge in [-0.05, 0) is 45.1 Å². The summed E-state index contributed by atoms with van der Waals surface area (Å²) in [5.74, 6) is 0.257. The van der Waals surface area contributed by atoms with Crippen LogP contribution < -0.4 is 0 Å². The third kappa shape index (κ3) is 8.13. The Bertz CT molecular complexity index is 664. The molecule has 1 heterocycles. The summed E-state index contributed by atoms with van der Waals surface area (Å²) in [7, 11) is 0. The Morgan fingerprint density at radius 3 is 2.41 bits per heavy atom. The van der Waals surface area contributed by atoms with E-state index in [1.54, 1.807) is 9.80 Å². The molecule has 1 fully saturated rings. The average Bonchev–Trinajstić information content (AvgIpc) is 2.69. The zero-order valence-corrected chi connectivity index (χ0v) is 17.6. The standard InChI is InChI=1S/C22H32N2O5/c1-22(2,3)29-21(27)24(12-7-15-25)16-18-10-13-23(14-11-18)20(26)28-17-19-8-5-4-6-9-19/h4-6,8-9,15,18H,7,10-14,16-17H2,1-3H3. The fraction of sp³-hybridized carbons (Fsp3) is 0.591. The summed E-state index contributed by atoms with van der Waals surface area (Å²) in [4.78, 5) is 38.8. The number of ether oxygens (including phenoxy) is 2. The largest absolute Gasteiger partial charge is 0.445 e. The molecule has 0 atom stereocenters. The van der Waals surface area contributed by atoms with E-state index in [0.717, 1.165) is 24.7 Å². The first kappa shape index (κ1) is 22.7. The van der Waals surface area contributed by atoms with Crippen LogP contribution in [0.1, 0.15) is 45.6 Å². The second-order valence-electron chi connectivity index (χ2n) is 8.35. The molecule has 1 saturated heterocycles. The summed E-state index contributed by atoms with van der Waals surface area (Å²) < 4.78 is 10.9. The summed E-state index contributed by atoms with van der Waals surface area (Å²) in [6.45, 7) is 7.78. The summed E-state index contributed by atoms with van der Waals surface area (Å²) >= 11 is 0. The zero-order chi connectivity index (χ0) is 21.3. The lowest BCUT2D eigenvalue weighted by Gasteiger charge is -2.35. The van der Waals surface area contributed by atoms with E-state index >= 15 is 0 Å². The molecule has 0 unspecified atom stereocenters. The van der Waals surface area contributed by atoms with Gasteiger partial charge in [0.2, 0.25) is 0 Å². The summed E-state index contributed by atoms with van der Waals surface area (Å²) in [6, 6.07) is 9.59. The van der Waals surface area contributed by atoms with Gasteiger partial charge >= 0.3 is 12.2 Å². The van der Waals surface area contributed by atoms with Crippen molar-refractivity contribution in [2.24, 2.45) is 5.92 Å². The smallest absolute Gasteiger partial charge is 0.410 e. The van der Waals surface area contributed by atoms with E-state index < -0.39 is 11.7 Å². The Hall–Kier alpha value is -2.57. The van der Waals surface area contributed by atoms with Gasteiger partial charge in [-0.15, -0.1) is 0 Å². The van der Waals surface area contributed by atoms with Crippen molar-refractivity contribution in [1.82, 2.24) is 9.80 Å². The van der Waals surface area contributed by atoms with Gasteiger partial charge in [0.1, 0.15) is 18.5 Å². The Kier molecular flexibility index (Phi) is 8.49. The highest BCUT2D eigenvalue weighted by molar-refractivity contribution is 5.69. The second kappa shape index (κ2) is 10.8. The van der Waals surface area contributed by atoms with Gasteiger partial charge in [0.15, 0.2) is 0 Å². The van der Waals surface area contributed by atoms with Crippen LogP contribution in [0.5, 0.6) is 0 Å². The topological polar surface area (TPSA) is 76.2 Å². The normalized spacial score (nSPS) is 14.9. The summed E-state index contributed by atoms with van der Waals surface area (Å²) in [5, 5.41) is 0. The van der Waals surface area contributed by atoms with Crippen molar-refractivity contribution in [3.63, 3.8) is 0 Å². The number of carbonyl (C=O) groups is 3. The summed E-state index contributed by atoms with van der Waals surface area (Å²) in [6.07, 6.45) is 1.94. The number of hydrogen-bond donors (Lipinski definition) is 0. The first-order valence-corrected chi connectivity index (χ1v) is 10.2. The minimum Gasteiger partial charge on any atom is -0.445 e. The molecule has 0 radical (unpaired) electrons. The quantitative estimate of drug-likeness (QED) is 0.645. The van der Waals surface area contributed by atoms with E-state index in [1.165, 1.54) is 0 Å². The van der Waals surface area contributed by atoms with Crippen molar-refractivity contribution in [3.8, 4) is 0 Å². The lowest BCUT2D eigenvalue weighted by molar-refractivity contribution is -0.108. The average molecular weight is 405 g/mol. The van der Waals surface area contributed by atoms with Crippen LogP contribution in [0.4, 0.5) is 9.59 Å². The van der Waals surface area contributed by atoms with Crippen LogP contribution in [0.3, 0.4) is 0 Å². The van der Waals surface area contributed by atoms with Crippen LogP contribution in [-0.2, 0) is 20.9 Å². The lowest BCUT2D eigenvalue weighted by atomic mass is 9.96. The van der Waals surface area contributed by atoms with E-state index in [-0.39, 0.29) is 25.0 Å². The van der Waals surface area contributed by atoms with Gasteiger partial charge in [-0.1, -0.05) is 30.3 Å². The molecule has 0 aliphatic carbocycles. The molecular weight excluding hydrogens is 372 g/mol. The summed E-state index contributed by atoms with van der Waals surface area (Å²) in [5.41, 5.74) is 0.376. The molecule has 7 heteroatoms. The van der Waals surface area contributed by atoms with Gasteiger partial charge in [0.25, 0.3) is 0 Å². The molecule has 1 aliphatic heterocycles. The Morgan fingerprint density at radius 1 is 1.17 bits per heavy atom. The van der Waals surface area contributed by atoms with Crippen molar-refractivity contribution in [2.75, 3.05) is 26.2 Å². The molecule has 7 nitrogen and oxygen atoms in total. The lowest BCUT2D eigenvalue weighted by Crippen LogP contribution is -2.44. The predicted molar refractivity (Wildman–Crippen MR) is 109 cm³/mol. The molecule has 0 N–H and O–H groups in total. The maximum atomic E-state index is 12.4. The molecule has 0 bridgehead atoms. The SMILES string of the molecule is CC(C)(C)OC(=O)N(CCC=O)CC1CCN(C(=O)OCc2ccccc2)CC1. The number of hydrogen-bond acceptors (Lipinski definition) is 5. The highest BCUT2D eigenvalue weighted by Crippen LogP contribution is 2.21. The van der Waals surface area contributed by atoms with E-state index in [1.807, 2.05) is 51.1 Å². The highest BCUT2D eigenvalue weighted by atomic mass is 16.6. The van der Waals surface area contributed by atoms with E-state index in [2.05, 4.69) is 0 Å². The molecule has 0 aromatic heterocycles. The number of nitrogens with zero attached hydrogens (tertiary/aromatic N) is 2. The van der Waals surface area contributed by atoms with Crippen molar-refractivity contribution in [3.05, 3.63) is 35.9 Å². The first-order chi connectivity index (χ1) is 13.8. The molecule has 1 aromatic rings. The number of amides is 2. The van der Waals surface area contributed by atoms with E-state index in [4.69, 9.17) is 9.47 Å². The van der Waals surface area contributed by atoms with Crippen molar-refractivity contribution < 1.29 is 23.9 Å². The van der Waals surface area contributed by atoms with Crippen LogP contribution in [0, 0.1) is 5.92 Å². The monoisotopic (exact) mass is 404 g/mol. The van der Waals surface area contributed by atoms with Crippen LogP contribution in [0.25, 0.3) is 0 Å². The number of rotatable bonds is 7. The van der Waals surface area contributed by atoms with Gasteiger partial charge in [-0.3, -0.25) is 0 Å². The van der Waals surface area contributed by atoms with E-state index in [0.29, 0.717) is 26.2 Å². The van der Waals surface area contributed by atoms with Crippen LogP contribution in [0.15, 0.2) is 30.3 Å². The number of benzene rings is 1. The third-order valence-corrected chi connectivity index (χ3v) is 4.73. The van der Waals surface area contributed by atoms with Gasteiger partial charge in [-0.25, -0.2) is 9.59 Å². The molecule has 0 saturated carbocycles. The van der Waals surface area contributed by atoms with Crippen LogP contribution in [-0.4, -0.2) is 60.1 Å². The molecule has 29 heavy (non-hydrogen) atoms. The van der Waals surface area contributed by atoms with Crippen LogP contribution in [0.2, 0.25) is 0 Å². The fourth-order valence-electron chi connectivity index (χ4n) is 3.21. The molecule has 2 rings (SSSR count). The maximum absolute atomic E-state index is 12.4. The second-order valence-corrected chi connectivity index (χ2v) is 8.35. The first-order valence-electron chi connectivity index (χ1n) is 10.2. The van der Waals surface area contributed by atoms with E-state index in [9.17, 15) is 14.4 Å². The van der Waals surface area contributed by atoms with Gasteiger partial charge in [0.05, 0.1) is 0 Å².